The van der Waals surface area contributed by atoms with E-state index in [0.717, 1.165) is 186 Å². The van der Waals surface area contributed by atoms with Crippen LogP contribution in [0.4, 0.5) is 0 Å². The maximum atomic E-state index is 13.0. The minimum atomic E-state index is -4.95. The molecule has 0 rings (SSSR count). The maximum Gasteiger partial charge on any atom is 0.472 e. The number of ether oxygens (including phenoxy) is 3. The van der Waals surface area contributed by atoms with E-state index in [1.807, 2.05) is 0 Å². The van der Waals surface area contributed by atoms with Gasteiger partial charge in [0.1, 0.15) is 25.4 Å². The number of aliphatic hydroxyl groups excluding tert-OH is 2. The summed E-state index contributed by atoms with van der Waals surface area (Å²) in [5, 5.41) is 20.7. The number of carbonyl (C=O) groups is 3. The van der Waals surface area contributed by atoms with Gasteiger partial charge in [-0.15, -0.1) is 0 Å². The van der Waals surface area contributed by atoms with E-state index in [1.165, 1.54) is 32.1 Å². The average molecular weight is 1500 g/mol. The predicted octanol–water partition coefficient (Wildman–Crippen LogP) is 23.5. The van der Waals surface area contributed by atoms with Gasteiger partial charge < -0.3 is 34.2 Å². The van der Waals surface area contributed by atoms with Crippen molar-refractivity contribution in [2.24, 2.45) is 0 Å². The van der Waals surface area contributed by atoms with Gasteiger partial charge in [-0.1, -0.05) is 292 Å². The molecule has 0 amide bonds. The molecule has 5 unspecified atom stereocenters. The summed E-state index contributed by atoms with van der Waals surface area (Å²) in [5.74, 6) is -1.65. The quantitative estimate of drug-likeness (QED) is 0.0146. The Balaban J connectivity index is 4.65. The van der Waals surface area contributed by atoms with Crippen LogP contribution in [0.3, 0.4) is 0 Å². The molecule has 5 atom stereocenters. The molecule has 18 heteroatoms. The number of esters is 3. The summed E-state index contributed by atoms with van der Waals surface area (Å²) in [4.78, 5) is 58.7. The van der Waals surface area contributed by atoms with Crippen molar-refractivity contribution < 1.29 is 75.8 Å². The number of aliphatic hydroxyl groups is 2. The lowest BCUT2D eigenvalue weighted by Crippen LogP contribution is -2.30. The smallest absolute Gasteiger partial charge is 0.463 e. The van der Waals surface area contributed by atoms with Gasteiger partial charge in [0.15, 0.2) is 6.10 Å². The van der Waals surface area contributed by atoms with Crippen molar-refractivity contribution in [1.29, 1.82) is 0 Å². The zero-order valence-corrected chi connectivity index (χ0v) is 66.6. The topological polar surface area (TPSA) is 231 Å². The van der Waals surface area contributed by atoms with Gasteiger partial charge >= 0.3 is 33.6 Å². The number of allylic oxidation sites excluding steroid dienone is 32. The molecule has 4 N–H and O–H groups in total. The molecular formula is C87H140O16P2. The summed E-state index contributed by atoms with van der Waals surface area (Å²) in [5.41, 5.74) is 0. The number of hydrogen-bond donors (Lipinski definition) is 4. The van der Waals surface area contributed by atoms with Crippen LogP contribution in [0.1, 0.15) is 278 Å². The normalized spacial score (nSPS) is 15.0. The number of phosphoric acid groups is 2. The largest absolute Gasteiger partial charge is 0.472 e. The van der Waals surface area contributed by atoms with Crippen LogP contribution >= 0.6 is 15.6 Å². The van der Waals surface area contributed by atoms with Crippen LogP contribution in [0.25, 0.3) is 0 Å². The Kier molecular flexibility index (Phi) is 73.8. The van der Waals surface area contributed by atoms with Crippen molar-refractivity contribution in [2.75, 3.05) is 39.6 Å². The maximum absolute atomic E-state index is 13.0. The molecule has 0 bridgehead atoms. The summed E-state index contributed by atoms with van der Waals surface area (Å²) in [6.45, 7) is 2.25. The Morgan fingerprint density at radius 1 is 0.267 bits per heavy atom. The minimum absolute atomic E-state index is 0.0626. The van der Waals surface area contributed by atoms with Gasteiger partial charge in [0.2, 0.25) is 0 Å². The summed E-state index contributed by atoms with van der Waals surface area (Å²) in [6, 6.07) is 0. The lowest BCUT2D eigenvalue weighted by Gasteiger charge is -2.21. The second-order valence-corrected chi connectivity index (χ2v) is 28.6. The molecule has 0 heterocycles. The van der Waals surface area contributed by atoms with E-state index in [2.05, 4.69) is 215 Å². The Labute approximate surface area is 636 Å². The molecule has 105 heavy (non-hydrogen) atoms. The van der Waals surface area contributed by atoms with Crippen LogP contribution in [0.5, 0.6) is 0 Å². The van der Waals surface area contributed by atoms with Crippen LogP contribution in [0.15, 0.2) is 194 Å². The third kappa shape index (κ3) is 79.3. The van der Waals surface area contributed by atoms with E-state index < -0.39 is 91.5 Å². The first-order valence-corrected chi connectivity index (χ1v) is 42.7. The summed E-state index contributed by atoms with van der Waals surface area (Å²) < 4.78 is 61.1. The van der Waals surface area contributed by atoms with Crippen molar-refractivity contribution in [1.82, 2.24) is 0 Å². The second-order valence-electron chi connectivity index (χ2n) is 25.7. The van der Waals surface area contributed by atoms with Crippen LogP contribution in [0.2, 0.25) is 0 Å². The highest BCUT2D eigenvalue weighted by atomic mass is 31.2. The first-order chi connectivity index (χ1) is 51.2. The number of rotatable bonds is 73. The Morgan fingerprint density at radius 2 is 0.476 bits per heavy atom. The minimum Gasteiger partial charge on any atom is -0.463 e. The molecule has 0 aromatic rings. The van der Waals surface area contributed by atoms with Gasteiger partial charge in [0.25, 0.3) is 0 Å². The van der Waals surface area contributed by atoms with E-state index in [4.69, 9.17) is 32.3 Å². The fraction of sp³-hybridized carbons (Fsp3) is 0.598. The Bertz CT molecular complexity index is 2690. The van der Waals surface area contributed by atoms with Crippen LogP contribution in [-0.4, -0.2) is 95.9 Å². The number of unbranched alkanes of at least 4 members (excludes halogenated alkanes) is 18. The SMILES string of the molecule is CC/C=C\C/C=C\C/C=C\C/C=C\C/C=C\C/C=C\CCCCCCCCCCCCC(=O)OCC(O)COP(=O)(O)OCC(O)COP(=O)(O)OCC(COC(=O)CCCCCC/C=C\C/C=C\C/C=C\C/C=C\C/C=C\C/C=C\CC)OC(=O)CCCCCC/C=C\C/C=C\C/C=C\C/C=C\CC. The molecule has 0 aliphatic heterocycles. The van der Waals surface area contributed by atoms with E-state index in [-0.39, 0.29) is 19.3 Å². The lowest BCUT2D eigenvalue weighted by atomic mass is 10.1. The first-order valence-electron chi connectivity index (χ1n) is 39.7. The molecule has 0 aliphatic rings. The zero-order chi connectivity index (χ0) is 76.6. The van der Waals surface area contributed by atoms with Crippen molar-refractivity contribution in [3.05, 3.63) is 194 Å². The van der Waals surface area contributed by atoms with Crippen molar-refractivity contribution >= 4 is 33.6 Å². The second kappa shape index (κ2) is 78.0. The number of phosphoric ester groups is 2. The fourth-order valence-electron chi connectivity index (χ4n) is 9.86. The van der Waals surface area contributed by atoms with E-state index >= 15 is 0 Å². The number of hydrogen-bond acceptors (Lipinski definition) is 14. The molecule has 0 spiro atoms. The Morgan fingerprint density at radius 3 is 0.752 bits per heavy atom. The lowest BCUT2D eigenvalue weighted by molar-refractivity contribution is -0.161. The molecule has 0 aromatic carbocycles. The van der Waals surface area contributed by atoms with Gasteiger partial charge in [-0.2, -0.15) is 0 Å². The van der Waals surface area contributed by atoms with Gasteiger partial charge in [-0.05, 0) is 161 Å². The van der Waals surface area contributed by atoms with E-state index in [0.29, 0.717) is 19.3 Å². The van der Waals surface area contributed by atoms with Crippen LogP contribution < -0.4 is 0 Å². The molecule has 0 radical (unpaired) electrons. The van der Waals surface area contributed by atoms with Gasteiger partial charge in [-0.3, -0.25) is 32.5 Å². The molecule has 0 fully saturated rings. The highest BCUT2D eigenvalue weighted by Gasteiger charge is 2.29. The van der Waals surface area contributed by atoms with Crippen molar-refractivity contribution in [3.63, 3.8) is 0 Å². The standard InChI is InChI=1S/C87H140O16P2/c1-4-7-10-13-16-19-22-25-28-31-33-35-37-38-39-40-41-42-44-46-47-50-52-55-58-61-64-67-70-73-85(90)97-76-82(88)77-99-104(93,94)100-78-83(89)79-101-105(95,96)102-81-84(103-87(92)75-72-69-66-63-60-57-54-49-30-27-24-21-18-15-12-9-6-3)80-98-86(91)74-71-68-65-62-59-56-53-51-48-45-43-36-34-32-29-26-23-20-17-14-11-8-5-2/h7-12,16-21,25-30,33-36,38-39,41-42,45,48,53-54,56-57,82-84,88-89H,4-6,13-15,22-24,31-32,37,40,43-44,46-47,49-52,55,58-81H2,1-3H3,(H,93,94)(H,95,96)/b10-7-,11-8-,12-9-,19-16-,20-17-,21-18-,28-25-,29-26-,30-27-,35-33-,36-34-,39-38-,42-41-,48-45-,56-53-,57-54-. The first kappa shape index (κ1) is 99.4. The predicted molar refractivity (Wildman–Crippen MR) is 435 cm³/mol. The van der Waals surface area contributed by atoms with Crippen molar-refractivity contribution in [2.45, 2.75) is 296 Å². The molecule has 16 nitrogen and oxygen atoms in total. The van der Waals surface area contributed by atoms with Crippen molar-refractivity contribution in [3.8, 4) is 0 Å². The summed E-state index contributed by atoms with van der Waals surface area (Å²) in [6.07, 6.45) is 102. The molecule has 594 valence electrons. The molecule has 0 saturated carbocycles. The van der Waals surface area contributed by atoms with E-state index in [1.54, 1.807) is 0 Å². The van der Waals surface area contributed by atoms with Crippen LogP contribution in [-0.2, 0) is 55.8 Å². The monoisotopic (exact) mass is 1500 g/mol. The fourth-order valence-corrected chi connectivity index (χ4v) is 11.4. The summed E-state index contributed by atoms with van der Waals surface area (Å²) in [7, 11) is -9.83. The summed E-state index contributed by atoms with van der Waals surface area (Å²) >= 11 is 0. The third-order valence-corrected chi connectivity index (χ3v) is 17.7. The van der Waals surface area contributed by atoms with Crippen LogP contribution in [0, 0.1) is 0 Å². The molecule has 0 aliphatic carbocycles. The third-order valence-electron chi connectivity index (χ3n) is 15.8. The zero-order valence-electron chi connectivity index (χ0n) is 64.8. The highest BCUT2D eigenvalue weighted by molar-refractivity contribution is 7.47. The Hall–Kier alpha value is -5.61. The average Bonchev–Trinajstić information content (AvgIpc) is 0.941. The molecule has 0 aromatic heterocycles. The highest BCUT2D eigenvalue weighted by Crippen LogP contribution is 2.45. The van der Waals surface area contributed by atoms with E-state index in [9.17, 15) is 43.5 Å². The van der Waals surface area contributed by atoms with Gasteiger partial charge in [-0.25, -0.2) is 9.13 Å². The van der Waals surface area contributed by atoms with Gasteiger partial charge in [0, 0.05) is 19.3 Å². The van der Waals surface area contributed by atoms with Gasteiger partial charge in [0.05, 0.1) is 26.4 Å². The number of carbonyl (C=O) groups excluding carboxylic acids is 3. The molecular weight excluding hydrogens is 1360 g/mol. The molecule has 0 saturated heterocycles.